The molecule has 12 heteroatoms. The standard InChI is InChI=1S/C30H25BrCl2N2O7/c1-14(36)15-3-5-16(6-4-15)35-25(38)20-10-9-18-21(23(20)26(35)39)12-29(32)27(40)34(13-31)28(41)30(29,33)24(18)19-8-7-17(37)11-22(19)42-2/h3-9,11,20-21,23-24,37H,10,12-13H2,1-2H3/t20-,21+,23-,24+,29+,30-/m0/s1. The number of nitrogens with zero attached hydrogens (tertiary/aromatic N) is 2. The summed E-state index contributed by atoms with van der Waals surface area (Å²) in [6.45, 7) is 1.43. The van der Waals surface area contributed by atoms with E-state index in [-0.39, 0.29) is 35.6 Å². The first-order valence-corrected chi connectivity index (χ1v) is 15.1. The van der Waals surface area contributed by atoms with Gasteiger partial charge in [-0.05, 0) is 56.0 Å². The second kappa shape index (κ2) is 9.92. The van der Waals surface area contributed by atoms with Gasteiger partial charge in [0.25, 0.3) is 11.8 Å². The molecule has 218 valence electrons. The SMILES string of the molecule is COc1cc(O)ccc1[C@H]1C2=CC[C@@H]3C(=O)N(c4ccc(C(C)=O)cc4)C(=O)[C@@H]3[C@@H]2C[C@@]2(Cl)C(=O)N(CBr)C(=O)[C@@]12Cl. The molecule has 0 radical (unpaired) electrons. The Morgan fingerprint density at radius 2 is 1.74 bits per heavy atom. The number of aromatic hydroxyl groups is 1. The quantitative estimate of drug-likeness (QED) is 0.163. The molecule has 42 heavy (non-hydrogen) atoms. The van der Waals surface area contributed by atoms with Crippen molar-refractivity contribution in [1.29, 1.82) is 0 Å². The van der Waals surface area contributed by atoms with Crippen molar-refractivity contribution in [3.63, 3.8) is 0 Å². The molecule has 0 aromatic heterocycles. The largest absolute Gasteiger partial charge is 0.508 e. The van der Waals surface area contributed by atoms with E-state index >= 15 is 0 Å². The number of anilines is 1. The van der Waals surface area contributed by atoms with Gasteiger partial charge in [0.2, 0.25) is 11.8 Å². The first kappa shape index (κ1) is 28.9. The Hall–Kier alpha value is -3.21. The number of allylic oxidation sites excluding steroid dienone is 2. The van der Waals surface area contributed by atoms with Gasteiger partial charge in [-0.15, -0.1) is 23.2 Å². The molecule has 1 saturated carbocycles. The highest BCUT2D eigenvalue weighted by Gasteiger charge is 2.76. The van der Waals surface area contributed by atoms with Gasteiger partial charge >= 0.3 is 0 Å². The molecule has 9 nitrogen and oxygen atoms in total. The molecule has 4 amide bonds. The number of alkyl halides is 3. The highest BCUT2D eigenvalue weighted by Crippen LogP contribution is 2.66. The fourth-order valence-electron chi connectivity index (χ4n) is 7.14. The summed E-state index contributed by atoms with van der Waals surface area (Å²) < 4.78 is 5.57. The number of rotatable bonds is 5. The van der Waals surface area contributed by atoms with Crippen LogP contribution in [-0.2, 0) is 19.2 Å². The molecule has 1 N–H and O–H groups in total. The van der Waals surface area contributed by atoms with Crippen molar-refractivity contribution in [3.05, 3.63) is 65.2 Å². The summed E-state index contributed by atoms with van der Waals surface area (Å²) in [6.07, 6.45) is 1.88. The molecule has 0 bridgehead atoms. The lowest BCUT2D eigenvalue weighted by Gasteiger charge is -2.50. The van der Waals surface area contributed by atoms with Crippen LogP contribution in [0.3, 0.4) is 0 Å². The number of Topliss-reactive ketones (excluding diaryl/α,β-unsaturated/α-hetero) is 1. The summed E-state index contributed by atoms with van der Waals surface area (Å²) in [7, 11) is 1.40. The normalized spacial score (nSPS) is 32.0. The lowest BCUT2D eigenvalue weighted by molar-refractivity contribution is -0.138. The summed E-state index contributed by atoms with van der Waals surface area (Å²) in [5, 5.41) is 10.2. The predicted octanol–water partition coefficient (Wildman–Crippen LogP) is 4.52. The number of hydrogen-bond donors (Lipinski definition) is 1. The molecule has 4 aliphatic rings. The van der Waals surface area contributed by atoms with Crippen molar-refractivity contribution in [2.24, 2.45) is 17.8 Å². The zero-order valence-corrected chi connectivity index (χ0v) is 25.6. The van der Waals surface area contributed by atoms with Gasteiger partial charge in [-0.3, -0.25) is 33.8 Å². The second-order valence-corrected chi connectivity index (χ2v) is 12.8. The molecule has 2 aliphatic carbocycles. The van der Waals surface area contributed by atoms with Crippen LogP contribution in [0.5, 0.6) is 11.5 Å². The molecule has 2 saturated heterocycles. The van der Waals surface area contributed by atoms with Crippen LogP contribution in [0.2, 0.25) is 0 Å². The maximum absolute atomic E-state index is 14.1. The minimum Gasteiger partial charge on any atom is -0.508 e. The van der Waals surface area contributed by atoms with Gasteiger partial charge < -0.3 is 9.84 Å². The Kier molecular flexibility index (Phi) is 6.83. The van der Waals surface area contributed by atoms with Crippen LogP contribution in [0, 0.1) is 17.8 Å². The van der Waals surface area contributed by atoms with Crippen molar-refractivity contribution in [1.82, 2.24) is 4.90 Å². The predicted molar refractivity (Wildman–Crippen MR) is 157 cm³/mol. The van der Waals surface area contributed by atoms with E-state index in [1.54, 1.807) is 30.3 Å². The monoisotopic (exact) mass is 674 g/mol. The third-order valence-electron chi connectivity index (χ3n) is 9.07. The number of carbonyl (C=O) groups is 5. The van der Waals surface area contributed by atoms with E-state index in [9.17, 15) is 29.1 Å². The van der Waals surface area contributed by atoms with Gasteiger partial charge in [0.1, 0.15) is 11.5 Å². The van der Waals surface area contributed by atoms with Gasteiger partial charge in [-0.2, -0.15) is 0 Å². The van der Waals surface area contributed by atoms with Gasteiger partial charge in [0.05, 0.1) is 30.1 Å². The van der Waals surface area contributed by atoms with Crippen molar-refractivity contribution in [3.8, 4) is 11.5 Å². The zero-order chi connectivity index (χ0) is 30.3. The van der Waals surface area contributed by atoms with Crippen LogP contribution in [0.4, 0.5) is 5.69 Å². The molecule has 2 aromatic rings. The van der Waals surface area contributed by atoms with Crippen molar-refractivity contribution in [2.75, 3.05) is 17.5 Å². The van der Waals surface area contributed by atoms with Crippen LogP contribution in [0.15, 0.2) is 54.1 Å². The number of ketones is 1. The molecular formula is C30H25BrCl2N2O7. The van der Waals surface area contributed by atoms with E-state index in [2.05, 4.69) is 15.9 Å². The summed E-state index contributed by atoms with van der Waals surface area (Å²) in [6, 6.07) is 10.6. The third kappa shape index (κ3) is 3.70. The Morgan fingerprint density at radius 3 is 2.36 bits per heavy atom. The van der Waals surface area contributed by atoms with Gasteiger partial charge in [-0.25, -0.2) is 0 Å². The molecule has 2 aromatic carbocycles. The van der Waals surface area contributed by atoms with E-state index in [0.717, 1.165) is 9.80 Å². The number of likely N-dealkylation sites (tertiary alicyclic amines) is 1. The molecule has 0 spiro atoms. The molecule has 2 aliphatic heterocycles. The van der Waals surface area contributed by atoms with Gasteiger partial charge in [0, 0.05) is 23.1 Å². The molecule has 0 unspecified atom stereocenters. The first-order valence-electron chi connectivity index (χ1n) is 13.3. The molecular weight excluding hydrogens is 651 g/mol. The lowest BCUT2D eigenvalue weighted by Crippen LogP contribution is -2.60. The molecule has 3 fully saturated rings. The van der Waals surface area contributed by atoms with E-state index in [1.807, 2.05) is 6.08 Å². The molecule has 6 atom stereocenters. The Labute approximate surface area is 259 Å². The minimum atomic E-state index is -1.98. The summed E-state index contributed by atoms with van der Waals surface area (Å²) in [5.41, 5.74) is 1.67. The Bertz CT molecular complexity index is 1610. The maximum atomic E-state index is 14.1. The van der Waals surface area contributed by atoms with Crippen LogP contribution in [-0.4, -0.2) is 61.7 Å². The maximum Gasteiger partial charge on any atom is 0.254 e. The number of hydrogen-bond acceptors (Lipinski definition) is 7. The zero-order valence-electron chi connectivity index (χ0n) is 22.5. The number of carbonyl (C=O) groups excluding carboxylic acids is 5. The van der Waals surface area contributed by atoms with Crippen LogP contribution < -0.4 is 9.64 Å². The van der Waals surface area contributed by atoms with Crippen molar-refractivity contribution >= 4 is 74.2 Å². The van der Waals surface area contributed by atoms with E-state index in [1.165, 1.54) is 26.2 Å². The number of methoxy groups -OCH3 is 1. The van der Waals surface area contributed by atoms with Crippen molar-refractivity contribution in [2.45, 2.75) is 35.4 Å². The van der Waals surface area contributed by atoms with Crippen molar-refractivity contribution < 1.29 is 33.8 Å². The lowest BCUT2D eigenvalue weighted by atomic mass is 9.56. The van der Waals surface area contributed by atoms with Crippen LogP contribution >= 0.6 is 39.1 Å². The number of ether oxygens (including phenoxy) is 1. The third-order valence-corrected chi connectivity index (χ3v) is 11.0. The fourth-order valence-corrected chi connectivity index (χ4v) is 8.55. The highest BCUT2D eigenvalue weighted by molar-refractivity contribution is 9.09. The fraction of sp³-hybridized carbons (Fsp3) is 0.367. The molecule has 6 rings (SSSR count). The second-order valence-electron chi connectivity index (χ2n) is 11.0. The average molecular weight is 676 g/mol. The molecule has 2 heterocycles. The topological polar surface area (TPSA) is 121 Å². The Balaban J connectivity index is 1.51. The number of benzene rings is 2. The summed E-state index contributed by atoms with van der Waals surface area (Å²) >= 11 is 17.7. The summed E-state index contributed by atoms with van der Waals surface area (Å²) in [5.74, 6) is -5.55. The minimum absolute atomic E-state index is 0.0830. The van der Waals surface area contributed by atoms with Crippen LogP contribution in [0.1, 0.15) is 41.6 Å². The van der Waals surface area contributed by atoms with Crippen LogP contribution in [0.25, 0.3) is 0 Å². The number of halogens is 3. The number of imide groups is 2. The average Bonchev–Trinajstić information content (AvgIpc) is 3.31. The highest BCUT2D eigenvalue weighted by atomic mass is 79.9. The van der Waals surface area contributed by atoms with E-state index in [0.29, 0.717) is 22.4 Å². The summed E-state index contributed by atoms with van der Waals surface area (Å²) in [4.78, 5) is 65.3. The smallest absolute Gasteiger partial charge is 0.254 e. The number of phenols is 1. The van der Waals surface area contributed by atoms with Gasteiger partial charge in [-0.1, -0.05) is 33.6 Å². The first-order chi connectivity index (χ1) is 19.9. The Morgan fingerprint density at radius 1 is 1.05 bits per heavy atom. The number of amides is 4. The number of phenolic OH excluding ortho intramolecular Hbond substituents is 1. The van der Waals surface area contributed by atoms with E-state index in [4.69, 9.17) is 27.9 Å². The number of fused-ring (bicyclic) bond motifs is 4. The van der Waals surface area contributed by atoms with E-state index < -0.39 is 57.0 Å². The van der Waals surface area contributed by atoms with Gasteiger partial charge in [0.15, 0.2) is 15.5 Å².